The number of amides is 3. The number of carboxylic acids is 1. The van der Waals surface area contributed by atoms with Gasteiger partial charge >= 0.3 is 5.97 Å². The molecule has 0 spiro atoms. The number of aromatic nitrogens is 2. The van der Waals surface area contributed by atoms with Gasteiger partial charge in [0.05, 0.1) is 12.4 Å². The zero-order valence-electron chi connectivity index (χ0n) is 20.4. The number of aliphatic carboxylic acids is 1. The van der Waals surface area contributed by atoms with Gasteiger partial charge in [0.1, 0.15) is 18.1 Å². The average molecular weight is 528 g/mol. The minimum atomic E-state index is -1.25. The molecule has 0 aliphatic carbocycles. The van der Waals surface area contributed by atoms with Crippen LogP contribution >= 0.6 is 12.6 Å². The molecule has 0 aliphatic heterocycles. The molecule has 11 N–H and O–H groups in total. The van der Waals surface area contributed by atoms with Gasteiger partial charge in [-0.05, 0) is 18.8 Å². The molecule has 0 bridgehead atoms. The minimum Gasteiger partial charge on any atom is -0.480 e. The van der Waals surface area contributed by atoms with Crippen LogP contribution < -0.4 is 33.2 Å². The number of guanidine groups is 1. The Bertz CT molecular complexity index is 892. The summed E-state index contributed by atoms with van der Waals surface area (Å²) < 4.78 is 0. The molecule has 5 unspecified atom stereocenters. The second-order valence-electron chi connectivity index (χ2n) is 8.35. The van der Waals surface area contributed by atoms with Crippen LogP contribution in [0.3, 0.4) is 0 Å². The lowest BCUT2D eigenvalue weighted by atomic mass is 9.98. The van der Waals surface area contributed by atoms with E-state index in [1.165, 1.54) is 12.5 Å². The summed E-state index contributed by atoms with van der Waals surface area (Å²) in [5.74, 6) is -3.51. The number of nitrogens with one attached hydrogen (secondary N) is 4. The Kier molecular flexibility index (Phi) is 13.3. The molecular formula is C21H37N9O5S. The smallest absolute Gasteiger partial charge is 0.326 e. The second kappa shape index (κ2) is 15.6. The van der Waals surface area contributed by atoms with E-state index in [-0.39, 0.29) is 37.0 Å². The quantitative estimate of drug-likeness (QED) is 0.0491. The third-order valence-corrected chi connectivity index (χ3v) is 5.91. The molecule has 0 saturated carbocycles. The first-order chi connectivity index (χ1) is 17.0. The number of carbonyl (C=O) groups is 4. The van der Waals surface area contributed by atoms with Crippen molar-refractivity contribution in [3.05, 3.63) is 18.2 Å². The summed E-state index contributed by atoms with van der Waals surface area (Å²) >= 11 is 4.12. The highest BCUT2D eigenvalue weighted by molar-refractivity contribution is 7.80. The molecule has 1 rings (SSSR count). The number of H-pyrrole nitrogens is 1. The van der Waals surface area contributed by atoms with Crippen LogP contribution in [0.25, 0.3) is 0 Å². The molecule has 202 valence electrons. The predicted octanol–water partition coefficient (Wildman–Crippen LogP) is -2.15. The third kappa shape index (κ3) is 10.5. The van der Waals surface area contributed by atoms with E-state index in [4.69, 9.17) is 17.2 Å². The Labute approximate surface area is 215 Å². The SMILES string of the molecule is CCC(C)C(N)C(=O)NC(Cc1cnc[nH]1)C(=O)NC(CS)C(=O)NC(CCCN=C(N)N)C(=O)O. The van der Waals surface area contributed by atoms with Crippen molar-refractivity contribution in [2.45, 2.75) is 63.7 Å². The molecule has 0 saturated heterocycles. The van der Waals surface area contributed by atoms with Crippen LogP contribution in [0.2, 0.25) is 0 Å². The van der Waals surface area contributed by atoms with Gasteiger partial charge in [0.2, 0.25) is 17.7 Å². The lowest BCUT2D eigenvalue weighted by Gasteiger charge is -2.25. The van der Waals surface area contributed by atoms with E-state index < -0.39 is 47.9 Å². The average Bonchev–Trinajstić information content (AvgIpc) is 3.35. The Morgan fingerprint density at radius 1 is 1.11 bits per heavy atom. The number of carboxylic acid groups (broad SMARTS) is 1. The molecule has 0 aromatic carbocycles. The molecule has 5 atom stereocenters. The van der Waals surface area contributed by atoms with E-state index in [9.17, 15) is 24.3 Å². The van der Waals surface area contributed by atoms with Crippen LogP contribution in [0, 0.1) is 5.92 Å². The van der Waals surface area contributed by atoms with Crippen molar-refractivity contribution in [2.24, 2.45) is 28.1 Å². The number of nitrogens with zero attached hydrogens (tertiary/aromatic N) is 2. The minimum absolute atomic E-state index is 0.0637. The number of rotatable bonds is 16. The summed E-state index contributed by atoms with van der Waals surface area (Å²) in [5, 5.41) is 17.0. The topological polar surface area (TPSA) is 244 Å². The standard InChI is InChI=1S/C21H37N9O5S/c1-3-11(2)16(22)19(33)29-14(7-12-8-25-10-27-12)17(31)30-15(9-36)18(32)28-13(20(34)35)5-4-6-26-21(23)24/h8,10-11,13-16,36H,3-7,9,22H2,1-2H3,(H,25,27)(H,28,32)(H,29,33)(H,30,31)(H,34,35)(H4,23,24,26). The fourth-order valence-electron chi connectivity index (χ4n) is 3.11. The first-order valence-electron chi connectivity index (χ1n) is 11.5. The van der Waals surface area contributed by atoms with Gasteiger partial charge in [0, 0.05) is 30.6 Å². The molecule has 1 heterocycles. The summed E-state index contributed by atoms with van der Waals surface area (Å²) in [4.78, 5) is 60.6. The second-order valence-corrected chi connectivity index (χ2v) is 8.71. The van der Waals surface area contributed by atoms with Gasteiger partial charge in [-0.15, -0.1) is 0 Å². The molecule has 0 radical (unpaired) electrons. The van der Waals surface area contributed by atoms with Crippen LogP contribution in [-0.2, 0) is 25.6 Å². The van der Waals surface area contributed by atoms with Crippen LogP contribution in [0.1, 0.15) is 38.8 Å². The van der Waals surface area contributed by atoms with Gasteiger partial charge in [0.25, 0.3) is 0 Å². The normalized spacial score (nSPS) is 15.0. The Morgan fingerprint density at radius 3 is 2.25 bits per heavy atom. The number of aromatic amines is 1. The third-order valence-electron chi connectivity index (χ3n) is 5.55. The number of nitrogens with two attached hydrogens (primary N) is 3. The Hall–Kier alpha value is -3.33. The highest BCUT2D eigenvalue weighted by Gasteiger charge is 2.30. The fraction of sp³-hybridized carbons (Fsp3) is 0.619. The van der Waals surface area contributed by atoms with E-state index in [1.54, 1.807) is 0 Å². The van der Waals surface area contributed by atoms with Crippen LogP contribution in [0.15, 0.2) is 17.5 Å². The highest BCUT2D eigenvalue weighted by atomic mass is 32.1. The molecule has 15 heteroatoms. The molecule has 14 nitrogen and oxygen atoms in total. The van der Waals surface area contributed by atoms with Crippen molar-refractivity contribution in [1.29, 1.82) is 0 Å². The number of carbonyl (C=O) groups excluding carboxylic acids is 3. The maximum absolute atomic E-state index is 13.1. The van der Waals surface area contributed by atoms with Crippen LogP contribution in [0.5, 0.6) is 0 Å². The van der Waals surface area contributed by atoms with Crippen molar-refractivity contribution < 1.29 is 24.3 Å². The zero-order chi connectivity index (χ0) is 27.3. The molecule has 36 heavy (non-hydrogen) atoms. The largest absolute Gasteiger partial charge is 0.480 e. The van der Waals surface area contributed by atoms with Crippen molar-refractivity contribution in [3.8, 4) is 0 Å². The Balaban J connectivity index is 2.89. The van der Waals surface area contributed by atoms with Crippen molar-refractivity contribution in [1.82, 2.24) is 25.9 Å². The summed E-state index contributed by atoms with van der Waals surface area (Å²) in [5.41, 5.74) is 17.1. The van der Waals surface area contributed by atoms with Crippen molar-refractivity contribution in [3.63, 3.8) is 0 Å². The summed E-state index contributed by atoms with van der Waals surface area (Å²) in [6.07, 6.45) is 4.04. The molecule has 0 aliphatic rings. The van der Waals surface area contributed by atoms with Crippen LogP contribution in [-0.4, -0.2) is 81.2 Å². The summed E-state index contributed by atoms with van der Waals surface area (Å²) in [6.45, 7) is 3.92. The lowest BCUT2D eigenvalue weighted by Crippen LogP contribution is -2.58. The number of thiol groups is 1. The van der Waals surface area contributed by atoms with Crippen molar-refractivity contribution >= 4 is 42.3 Å². The van der Waals surface area contributed by atoms with E-state index in [2.05, 4.69) is 43.5 Å². The molecule has 1 aromatic rings. The first kappa shape index (κ1) is 30.7. The van der Waals surface area contributed by atoms with Gasteiger partial charge in [-0.2, -0.15) is 12.6 Å². The van der Waals surface area contributed by atoms with Gasteiger partial charge in [0.15, 0.2) is 5.96 Å². The zero-order valence-corrected chi connectivity index (χ0v) is 21.3. The lowest BCUT2D eigenvalue weighted by molar-refractivity contribution is -0.142. The highest BCUT2D eigenvalue weighted by Crippen LogP contribution is 2.07. The van der Waals surface area contributed by atoms with E-state index in [1.807, 2.05) is 13.8 Å². The maximum Gasteiger partial charge on any atom is 0.326 e. The van der Waals surface area contributed by atoms with Crippen molar-refractivity contribution in [2.75, 3.05) is 12.3 Å². The maximum atomic E-state index is 13.1. The number of hydrogen-bond acceptors (Lipinski definition) is 8. The van der Waals surface area contributed by atoms with Gasteiger partial charge in [-0.3, -0.25) is 19.4 Å². The number of hydrogen-bond donors (Lipinski definition) is 9. The molecule has 0 fully saturated rings. The monoisotopic (exact) mass is 527 g/mol. The van der Waals surface area contributed by atoms with E-state index in [0.717, 1.165) is 0 Å². The van der Waals surface area contributed by atoms with E-state index >= 15 is 0 Å². The number of aliphatic imine (C=N–C) groups is 1. The predicted molar refractivity (Wildman–Crippen MR) is 137 cm³/mol. The summed E-state index contributed by atoms with van der Waals surface area (Å²) in [6, 6.07) is -4.28. The van der Waals surface area contributed by atoms with E-state index in [0.29, 0.717) is 18.5 Å². The van der Waals surface area contributed by atoms with Gasteiger partial charge in [-0.1, -0.05) is 20.3 Å². The first-order valence-corrected chi connectivity index (χ1v) is 12.2. The Morgan fingerprint density at radius 2 is 1.72 bits per heavy atom. The van der Waals surface area contributed by atoms with Gasteiger partial charge < -0.3 is 43.2 Å². The molecule has 1 aromatic heterocycles. The van der Waals surface area contributed by atoms with Crippen LogP contribution in [0.4, 0.5) is 0 Å². The van der Waals surface area contributed by atoms with Gasteiger partial charge in [-0.25, -0.2) is 9.78 Å². The summed E-state index contributed by atoms with van der Waals surface area (Å²) in [7, 11) is 0. The fourth-order valence-corrected chi connectivity index (χ4v) is 3.36. The number of imidazole rings is 1. The molecular weight excluding hydrogens is 490 g/mol. The molecule has 3 amide bonds.